The molecule has 0 amide bonds. The number of nitrogens with zero attached hydrogens (tertiary/aromatic N) is 2. The molecule has 0 saturated heterocycles. The molecule has 1 heterocycles. The van der Waals surface area contributed by atoms with Gasteiger partial charge in [0.2, 0.25) is 0 Å². The lowest BCUT2D eigenvalue weighted by atomic mass is 10.2. The lowest BCUT2D eigenvalue weighted by Crippen LogP contribution is -1.87. The first-order chi connectivity index (χ1) is 8.20. The van der Waals surface area contributed by atoms with Crippen molar-refractivity contribution in [1.29, 1.82) is 5.26 Å². The van der Waals surface area contributed by atoms with E-state index in [0.717, 1.165) is 4.90 Å². The summed E-state index contributed by atoms with van der Waals surface area (Å²) in [6.07, 6.45) is 1.64. The van der Waals surface area contributed by atoms with Crippen LogP contribution in [0.2, 0.25) is 0 Å². The van der Waals surface area contributed by atoms with Gasteiger partial charge in [0.05, 0.1) is 0 Å². The lowest BCUT2D eigenvalue weighted by Gasteiger charge is -2.07. The van der Waals surface area contributed by atoms with Gasteiger partial charge in [0, 0.05) is 16.0 Å². The fraction of sp³-hybridized carbons (Fsp3) is 0.143. The molecule has 0 unspecified atom stereocenters. The SMILES string of the molecule is Cc1ccc(C)c(Sc2cccnc2C#N)c1. The van der Waals surface area contributed by atoms with Crippen LogP contribution in [0.25, 0.3) is 0 Å². The maximum Gasteiger partial charge on any atom is 0.154 e. The molecule has 17 heavy (non-hydrogen) atoms. The van der Waals surface area contributed by atoms with E-state index in [0.29, 0.717) is 5.69 Å². The van der Waals surface area contributed by atoms with E-state index in [4.69, 9.17) is 5.26 Å². The van der Waals surface area contributed by atoms with Crippen LogP contribution in [0, 0.1) is 25.2 Å². The highest BCUT2D eigenvalue weighted by atomic mass is 32.2. The normalized spacial score (nSPS) is 9.94. The summed E-state index contributed by atoms with van der Waals surface area (Å²) in [5.74, 6) is 0. The first-order valence-corrected chi connectivity index (χ1v) is 6.12. The Morgan fingerprint density at radius 3 is 2.76 bits per heavy atom. The third kappa shape index (κ3) is 2.66. The van der Waals surface area contributed by atoms with Crippen LogP contribution in [0.5, 0.6) is 0 Å². The molecule has 0 aliphatic heterocycles. The van der Waals surface area contributed by atoms with Gasteiger partial charge >= 0.3 is 0 Å². The smallest absolute Gasteiger partial charge is 0.154 e. The zero-order chi connectivity index (χ0) is 12.3. The third-order valence-electron chi connectivity index (χ3n) is 2.44. The molecule has 0 aliphatic carbocycles. The van der Waals surface area contributed by atoms with Crippen molar-refractivity contribution in [1.82, 2.24) is 4.98 Å². The van der Waals surface area contributed by atoms with Gasteiger partial charge in [-0.2, -0.15) is 5.26 Å². The van der Waals surface area contributed by atoms with Crippen LogP contribution in [-0.2, 0) is 0 Å². The number of hydrogen-bond acceptors (Lipinski definition) is 3. The fourth-order valence-corrected chi connectivity index (χ4v) is 2.55. The Hall–Kier alpha value is -1.79. The number of pyridine rings is 1. The Labute approximate surface area is 105 Å². The van der Waals surface area contributed by atoms with Crippen LogP contribution in [0.15, 0.2) is 46.3 Å². The molecule has 0 N–H and O–H groups in total. The van der Waals surface area contributed by atoms with Gasteiger partial charge in [-0.15, -0.1) is 0 Å². The van der Waals surface area contributed by atoms with E-state index in [1.165, 1.54) is 16.0 Å². The molecule has 1 aromatic carbocycles. The minimum atomic E-state index is 0.485. The Balaban J connectivity index is 2.38. The molecule has 0 saturated carbocycles. The largest absolute Gasteiger partial charge is 0.244 e. The number of hydrogen-bond donors (Lipinski definition) is 0. The highest BCUT2D eigenvalue weighted by Gasteiger charge is 2.06. The summed E-state index contributed by atoms with van der Waals surface area (Å²) in [7, 11) is 0. The summed E-state index contributed by atoms with van der Waals surface area (Å²) in [4.78, 5) is 6.15. The van der Waals surface area contributed by atoms with Gasteiger partial charge < -0.3 is 0 Å². The fourth-order valence-electron chi connectivity index (χ4n) is 1.49. The molecular formula is C14H12N2S. The average molecular weight is 240 g/mol. The van der Waals surface area contributed by atoms with E-state index in [-0.39, 0.29) is 0 Å². The Kier molecular flexibility index (Phi) is 3.46. The van der Waals surface area contributed by atoms with Crippen molar-refractivity contribution in [3.8, 4) is 6.07 Å². The second kappa shape index (κ2) is 5.03. The van der Waals surface area contributed by atoms with Gasteiger partial charge in [0.25, 0.3) is 0 Å². The number of aryl methyl sites for hydroxylation is 2. The predicted octanol–water partition coefficient (Wildman–Crippen LogP) is 3.72. The summed E-state index contributed by atoms with van der Waals surface area (Å²) < 4.78 is 0. The van der Waals surface area contributed by atoms with Gasteiger partial charge in [-0.25, -0.2) is 4.98 Å². The van der Waals surface area contributed by atoms with Crippen molar-refractivity contribution in [2.75, 3.05) is 0 Å². The van der Waals surface area contributed by atoms with Gasteiger partial charge in [-0.3, -0.25) is 0 Å². The molecule has 2 rings (SSSR count). The molecule has 84 valence electrons. The van der Waals surface area contributed by atoms with E-state index in [1.54, 1.807) is 18.0 Å². The number of aromatic nitrogens is 1. The molecule has 0 radical (unpaired) electrons. The second-order valence-electron chi connectivity index (χ2n) is 3.83. The standard InChI is InChI=1S/C14H12N2S/c1-10-5-6-11(2)14(8-10)17-13-4-3-7-16-12(13)9-15/h3-8H,1-2H3. The summed E-state index contributed by atoms with van der Waals surface area (Å²) in [5.41, 5.74) is 2.92. The molecule has 0 fully saturated rings. The predicted molar refractivity (Wildman–Crippen MR) is 69.0 cm³/mol. The number of benzene rings is 1. The zero-order valence-corrected chi connectivity index (χ0v) is 10.6. The first kappa shape index (κ1) is 11.7. The summed E-state index contributed by atoms with van der Waals surface area (Å²) in [6, 6.07) is 12.2. The molecule has 0 atom stereocenters. The summed E-state index contributed by atoms with van der Waals surface area (Å²) >= 11 is 1.59. The molecule has 1 aromatic heterocycles. The van der Waals surface area contributed by atoms with Crippen molar-refractivity contribution in [2.24, 2.45) is 0 Å². The molecule has 0 spiro atoms. The van der Waals surface area contributed by atoms with Gasteiger partial charge in [0.15, 0.2) is 5.69 Å². The van der Waals surface area contributed by atoms with Crippen molar-refractivity contribution >= 4 is 11.8 Å². The maximum absolute atomic E-state index is 8.99. The highest BCUT2D eigenvalue weighted by Crippen LogP contribution is 2.32. The Bertz CT molecular complexity index is 585. The van der Waals surface area contributed by atoms with Crippen LogP contribution in [0.1, 0.15) is 16.8 Å². The first-order valence-electron chi connectivity index (χ1n) is 5.31. The quantitative estimate of drug-likeness (QED) is 0.802. The van der Waals surface area contributed by atoms with Gasteiger partial charge in [-0.05, 0) is 43.2 Å². The third-order valence-corrected chi connectivity index (χ3v) is 3.65. The average Bonchev–Trinajstić information content (AvgIpc) is 2.34. The minimum absolute atomic E-state index is 0.485. The zero-order valence-electron chi connectivity index (χ0n) is 9.77. The topological polar surface area (TPSA) is 36.7 Å². The molecular weight excluding hydrogens is 228 g/mol. The molecule has 3 heteroatoms. The van der Waals surface area contributed by atoms with E-state index in [9.17, 15) is 0 Å². The molecule has 2 aromatic rings. The van der Waals surface area contributed by atoms with E-state index >= 15 is 0 Å². The van der Waals surface area contributed by atoms with E-state index in [1.807, 2.05) is 12.1 Å². The maximum atomic E-state index is 8.99. The summed E-state index contributed by atoms with van der Waals surface area (Å²) in [5, 5.41) is 8.99. The Morgan fingerprint density at radius 2 is 2.00 bits per heavy atom. The molecule has 0 bridgehead atoms. The monoisotopic (exact) mass is 240 g/mol. The lowest BCUT2D eigenvalue weighted by molar-refractivity contribution is 1.17. The molecule has 2 nitrogen and oxygen atoms in total. The molecule has 0 aliphatic rings. The van der Waals surface area contributed by atoms with Gasteiger partial charge in [0.1, 0.15) is 6.07 Å². The van der Waals surface area contributed by atoms with Crippen molar-refractivity contribution in [2.45, 2.75) is 23.6 Å². The summed E-state index contributed by atoms with van der Waals surface area (Å²) in [6.45, 7) is 4.14. The van der Waals surface area contributed by atoms with Crippen molar-refractivity contribution < 1.29 is 0 Å². The highest BCUT2D eigenvalue weighted by molar-refractivity contribution is 7.99. The van der Waals surface area contributed by atoms with Crippen LogP contribution in [0.3, 0.4) is 0 Å². The van der Waals surface area contributed by atoms with Crippen LogP contribution in [0.4, 0.5) is 0 Å². The van der Waals surface area contributed by atoms with Gasteiger partial charge in [-0.1, -0.05) is 23.9 Å². The van der Waals surface area contributed by atoms with E-state index < -0.39 is 0 Å². The number of rotatable bonds is 2. The van der Waals surface area contributed by atoms with Crippen LogP contribution in [-0.4, -0.2) is 4.98 Å². The van der Waals surface area contributed by atoms with E-state index in [2.05, 4.69) is 43.1 Å². The van der Waals surface area contributed by atoms with Crippen LogP contribution >= 0.6 is 11.8 Å². The van der Waals surface area contributed by atoms with Crippen molar-refractivity contribution in [3.63, 3.8) is 0 Å². The second-order valence-corrected chi connectivity index (χ2v) is 4.92. The van der Waals surface area contributed by atoms with Crippen LogP contribution < -0.4 is 0 Å². The Morgan fingerprint density at radius 1 is 1.18 bits per heavy atom. The minimum Gasteiger partial charge on any atom is -0.244 e. The number of nitriles is 1. The van der Waals surface area contributed by atoms with Crippen molar-refractivity contribution in [3.05, 3.63) is 53.3 Å².